The van der Waals surface area contributed by atoms with Crippen molar-refractivity contribution >= 4 is 25.3 Å². The molecule has 0 bridgehead atoms. The number of nitrogens with zero attached hydrogens (tertiary/aromatic N) is 2. The quantitative estimate of drug-likeness (QED) is 0.183. The van der Waals surface area contributed by atoms with Crippen LogP contribution in [0.15, 0.2) is 30.5 Å². The van der Waals surface area contributed by atoms with Gasteiger partial charge < -0.3 is 19.0 Å². The van der Waals surface area contributed by atoms with Crippen LogP contribution in [-0.4, -0.2) is 54.6 Å². The first-order valence-corrected chi connectivity index (χ1v) is 17.5. The number of rotatable bonds is 5. The van der Waals surface area contributed by atoms with Gasteiger partial charge in [0, 0.05) is 41.4 Å². The Morgan fingerprint density at radius 1 is 1.02 bits per heavy atom. The third-order valence-electron chi connectivity index (χ3n) is 9.23. The lowest BCUT2D eigenvalue weighted by molar-refractivity contribution is -0.274. The summed E-state index contributed by atoms with van der Waals surface area (Å²) in [7, 11) is -1.92. The van der Waals surface area contributed by atoms with Gasteiger partial charge in [0.2, 0.25) is 0 Å². The van der Waals surface area contributed by atoms with Crippen LogP contribution in [0.4, 0.5) is 17.6 Å². The molecule has 1 unspecified atom stereocenters. The van der Waals surface area contributed by atoms with Gasteiger partial charge in [0.25, 0.3) is 5.91 Å². The normalized spacial score (nSPS) is 19.1. The fourth-order valence-corrected chi connectivity index (χ4v) is 7.40. The summed E-state index contributed by atoms with van der Waals surface area (Å²) in [5, 5.41) is 1.00. The molecule has 1 aliphatic carbocycles. The van der Waals surface area contributed by atoms with Crippen LogP contribution in [-0.2, 0) is 17.3 Å². The van der Waals surface area contributed by atoms with E-state index >= 15 is 4.39 Å². The maximum Gasteiger partial charge on any atom is 0.573 e. The third-order valence-corrected chi connectivity index (χ3v) is 13.8. The fraction of sp³-hybridized carbons (Fsp3) is 0.548. The number of fused-ring (bicyclic) bond motifs is 3. The summed E-state index contributed by atoms with van der Waals surface area (Å²) in [5.74, 6) is -1.05. The first kappa shape index (κ1) is 30.5. The predicted octanol–water partition coefficient (Wildman–Crippen LogP) is 7.89. The van der Waals surface area contributed by atoms with Gasteiger partial charge in [-0.1, -0.05) is 20.8 Å². The SMILES string of the molecule is CC(C)(C)[Si](C)(C)OC1CCc2[nH]c3ncc(F)c(C4CCN(C(=O)c5ccc(OC(F)(F)F)cc5)CC4)c3c2CC1. The van der Waals surface area contributed by atoms with Crippen molar-refractivity contribution in [2.75, 3.05) is 13.1 Å². The van der Waals surface area contributed by atoms with E-state index in [1.807, 2.05) is 0 Å². The van der Waals surface area contributed by atoms with Crippen molar-refractivity contribution in [3.63, 3.8) is 0 Å². The second-order valence-electron chi connectivity index (χ2n) is 13.0. The number of carbonyl (C=O) groups is 1. The second kappa shape index (κ2) is 11.3. The predicted molar refractivity (Wildman–Crippen MR) is 156 cm³/mol. The van der Waals surface area contributed by atoms with E-state index in [9.17, 15) is 18.0 Å². The van der Waals surface area contributed by atoms with Gasteiger partial charge in [-0.15, -0.1) is 13.2 Å². The Kier molecular flexibility index (Phi) is 8.21. The Balaban J connectivity index is 1.30. The molecule has 1 saturated heterocycles. The highest BCUT2D eigenvalue weighted by Crippen LogP contribution is 2.41. The Bertz CT molecular complexity index is 1440. The van der Waals surface area contributed by atoms with Crippen LogP contribution in [0, 0.1) is 5.82 Å². The van der Waals surface area contributed by atoms with Gasteiger partial charge in [-0.25, -0.2) is 9.37 Å². The minimum Gasteiger partial charge on any atom is -0.414 e. The number of nitrogens with one attached hydrogen (secondary N) is 1. The van der Waals surface area contributed by atoms with Crippen LogP contribution in [0.25, 0.3) is 11.0 Å². The summed E-state index contributed by atoms with van der Waals surface area (Å²) in [6.45, 7) is 12.1. The number of aromatic nitrogens is 2. The summed E-state index contributed by atoms with van der Waals surface area (Å²) in [5.41, 5.74) is 3.90. The zero-order chi connectivity index (χ0) is 30.4. The van der Waals surface area contributed by atoms with Crippen LogP contribution < -0.4 is 4.74 Å². The van der Waals surface area contributed by atoms with Gasteiger partial charge in [-0.2, -0.15) is 0 Å². The van der Waals surface area contributed by atoms with Gasteiger partial charge in [0.15, 0.2) is 8.32 Å². The van der Waals surface area contributed by atoms with E-state index in [4.69, 9.17) is 4.43 Å². The number of benzene rings is 1. The first-order chi connectivity index (χ1) is 19.6. The van der Waals surface area contributed by atoms with Crippen LogP contribution in [0.1, 0.15) is 79.6 Å². The van der Waals surface area contributed by atoms with E-state index in [1.165, 1.54) is 18.3 Å². The Hall–Kier alpha value is -2.92. The third kappa shape index (κ3) is 6.36. The Morgan fingerprint density at radius 3 is 2.29 bits per heavy atom. The lowest BCUT2D eigenvalue weighted by Gasteiger charge is -2.39. The molecule has 11 heteroatoms. The van der Waals surface area contributed by atoms with Crippen molar-refractivity contribution in [3.8, 4) is 5.75 Å². The number of ether oxygens (including phenoxy) is 1. The fourth-order valence-electron chi connectivity index (χ4n) is 5.98. The molecule has 1 N–H and O–H groups in total. The van der Waals surface area contributed by atoms with Gasteiger partial charge >= 0.3 is 6.36 Å². The molecule has 1 aliphatic heterocycles. The summed E-state index contributed by atoms with van der Waals surface area (Å²) in [4.78, 5) is 22.6. The molecule has 0 radical (unpaired) electrons. The van der Waals surface area contributed by atoms with Crippen LogP contribution in [0.5, 0.6) is 5.75 Å². The number of hydrogen-bond acceptors (Lipinski definition) is 4. The van der Waals surface area contributed by atoms with E-state index in [2.05, 4.69) is 48.6 Å². The molecular formula is C31H39F4N3O3Si. The second-order valence-corrected chi connectivity index (χ2v) is 17.8. The number of piperidine rings is 1. The minimum absolute atomic E-state index is 0.0791. The number of H-pyrrole nitrogens is 1. The van der Waals surface area contributed by atoms with Gasteiger partial charge in [-0.3, -0.25) is 4.79 Å². The molecule has 3 heterocycles. The minimum atomic E-state index is -4.79. The van der Waals surface area contributed by atoms with Crippen molar-refractivity contribution in [1.29, 1.82) is 0 Å². The molecule has 42 heavy (non-hydrogen) atoms. The number of halogens is 4. The number of hydrogen-bond donors (Lipinski definition) is 1. The van der Waals surface area contributed by atoms with E-state index in [0.29, 0.717) is 37.1 Å². The molecule has 3 aromatic rings. The number of aromatic amines is 1. The molecule has 2 aromatic heterocycles. The maximum atomic E-state index is 15.5. The van der Waals surface area contributed by atoms with Crippen LogP contribution in [0.3, 0.4) is 0 Å². The smallest absolute Gasteiger partial charge is 0.414 e. The number of carbonyl (C=O) groups excluding carboxylic acids is 1. The molecule has 1 aromatic carbocycles. The molecule has 1 atom stereocenters. The zero-order valence-corrected chi connectivity index (χ0v) is 25.8. The molecule has 228 valence electrons. The Morgan fingerprint density at radius 2 is 1.67 bits per heavy atom. The summed E-state index contributed by atoms with van der Waals surface area (Å²) >= 11 is 0. The topological polar surface area (TPSA) is 67.5 Å². The van der Waals surface area contributed by atoms with Crippen molar-refractivity contribution in [3.05, 3.63) is 58.7 Å². The molecule has 1 fully saturated rings. The van der Waals surface area contributed by atoms with Gasteiger partial charge in [0.05, 0.1) is 6.20 Å². The zero-order valence-electron chi connectivity index (χ0n) is 24.8. The maximum absolute atomic E-state index is 15.5. The van der Waals surface area contributed by atoms with E-state index in [-0.39, 0.29) is 40.1 Å². The Labute approximate surface area is 244 Å². The molecule has 0 spiro atoms. The average Bonchev–Trinajstić information content (AvgIpc) is 3.14. The molecule has 5 rings (SSSR count). The van der Waals surface area contributed by atoms with Crippen LogP contribution >= 0.6 is 0 Å². The highest BCUT2D eigenvalue weighted by atomic mass is 28.4. The summed E-state index contributed by atoms with van der Waals surface area (Å²) in [6, 6.07) is 4.93. The highest BCUT2D eigenvalue weighted by molar-refractivity contribution is 6.74. The molecule has 0 saturated carbocycles. The molecule has 6 nitrogen and oxygen atoms in total. The van der Waals surface area contributed by atoms with Crippen molar-refractivity contribution in [2.24, 2.45) is 0 Å². The number of amides is 1. The van der Waals surface area contributed by atoms with Crippen molar-refractivity contribution < 1.29 is 31.5 Å². The van der Waals surface area contributed by atoms with Crippen LogP contribution in [0.2, 0.25) is 18.1 Å². The first-order valence-electron chi connectivity index (χ1n) is 14.6. The monoisotopic (exact) mass is 605 g/mol. The largest absolute Gasteiger partial charge is 0.573 e. The van der Waals surface area contributed by atoms with Crippen molar-refractivity contribution in [1.82, 2.24) is 14.9 Å². The van der Waals surface area contributed by atoms with E-state index in [0.717, 1.165) is 54.5 Å². The lowest BCUT2D eigenvalue weighted by Crippen LogP contribution is -2.44. The standard InChI is InChI=1S/C31H39F4N3O3Si/c1-30(2,3)42(4,5)41-22-10-12-23-25(13-11-22)37-28-27(23)26(24(32)18-36-28)19-14-16-38(17-15-19)29(39)20-6-8-21(9-7-20)40-31(33,34)35/h6-9,18-19,22H,10-17H2,1-5H3,(H,36,37). The summed E-state index contributed by atoms with van der Waals surface area (Å²) in [6.07, 6.45) is 1.22. The van der Waals surface area contributed by atoms with Crippen molar-refractivity contribution in [2.45, 2.75) is 95.8 Å². The lowest BCUT2D eigenvalue weighted by atomic mass is 9.86. The average molecular weight is 606 g/mol. The highest BCUT2D eigenvalue weighted by Gasteiger charge is 2.40. The number of aryl methyl sites for hydroxylation is 2. The number of alkyl halides is 3. The van der Waals surface area contributed by atoms with E-state index in [1.54, 1.807) is 4.90 Å². The molecule has 1 amide bonds. The molecular weight excluding hydrogens is 566 g/mol. The number of pyridine rings is 1. The number of likely N-dealkylation sites (tertiary alicyclic amines) is 1. The van der Waals surface area contributed by atoms with Gasteiger partial charge in [-0.05, 0) is 92.4 Å². The molecule has 2 aliphatic rings. The van der Waals surface area contributed by atoms with Gasteiger partial charge in [0.1, 0.15) is 17.2 Å². The summed E-state index contributed by atoms with van der Waals surface area (Å²) < 4.78 is 63.5. The van der Waals surface area contributed by atoms with E-state index < -0.39 is 14.7 Å².